The average Bonchev–Trinajstić information content (AvgIpc) is 2.40. The van der Waals surface area contributed by atoms with E-state index in [9.17, 15) is 0 Å². The van der Waals surface area contributed by atoms with E-state index < -0.39 is 0 Å². The predicted octanol–water partition coefficient (Wildman–Crippen LogP) is 4.66. The predicted molar refractivity (Wildman–Crippen MR) is 85.3 cm³/mol. The first-order valence-electron chi connectivity index (χ1n) is 6.40. The van der Waals surface area contributed by atoms with Gasteiger partial charge in [0.05, 0.1) is 15.7 Å². The number of hydrogen-bond donors (Lipinski definition) is 2. The van der Waals surface area contributed by atoms with E-state index in [1.54, 1.807) is 18.2 Å². The molecule has 1 heterocycles. The van der Waals surface area contributed by atoms with Crippen molar-refractivity contribution in [2.45, 2.75) is 20.3 Å². The Morgan fingerprint density at radius 2 is 1.75 bits per heavy atom. The fraction of sp³-hybridized carbons (Fsp3) is 0.286. The van der Waals surface area contributed by atoms with Gasteiger partial charge in [0.15, 0.2) is 0 Å². The third-order valence-electron chi connectivity index (χ3n) is 2.61. The van der Waals surface area contributed by atoms with E-state index in [2.05, 4.69) is 27.5 Å². The fourth-order valence-corrected chi connectivity index (χ4v) is 2.21. The van der Waals surface area contributed by atoms with Gasteiger partial charge in [-0.1, -0.05) is 36.2 Å². The minimum Gasteiger partial charge on any atom is -0.370 e. The largest absolute Gasteiger partial charge is 0.370 e. The monoisotopic (exact) mass is 310 g/mol. The summed E-state index contributed by atoms with van der Waals surface area (Å²) in [5.41, 5.74) is 0.648. The number of halogens is 2. The average molecular weight is 311 g/mol. The van der Waals surface area contributed by atoms with Crippen molar-refractivity contribution in [3.8, 4) is 0 Å². The van der Waals surface area contributed by atoms with Crippen LogP contribution in [0.1, 0.15) is 19.2 Å². The first-order valence-corrected chi connectivity index (χ1v) is 7.16. The number of aromatic nitrogens is 2. The van der Waals surface area contributed by atoms with Gasteiger partial charge in [0.25, 0.3) is 0 Å². The van der Waals surface area contributed by atoms with Crippen LogP contribution in [-0.4, -0.2) is 16.5 Å². The molecule has 0 bridgehead atoms. The Kier molecular flexibility index (Phi) is 5.04. The maximum atomic E-state index is 6.14. The summed E-state index contributed by atoms with van der Waals surface area (Å²) in [6, 6.07) is 7.19. The zero-order valence-electron chi connectivity index (χ0n) is 11.4. The fourth-order valence-electron chi connectivity index (χ4n) is 1.72. The van der Waals surface area contributed by atoms with Gasteiger partial charge in [0, 0.05) is 12.6 Å². The highest BCUT2D eigenvalue weighted by Crippen LogP contribution is 2.32. The van der Waals surface area contributed by atoms with E-state index in [1.807, 2.05) is 13.0 Å². The zero-order valence-corrected chi connectivity index (χ0v) is 12.9. The molecule has 2 aromatic rings. The molecule has 106 valence electrons. The lowest BCUT2D eigenvalue weighted by atomic mass is 10.3. The number of aryl methyl sites for hydroxylation is 1. The lowest BCUT2D eigenvalue weighted by Gasteiger charge is -2.12. The SMILES string of the molecule is CCCNc1cc(Nc2c(Cl)cccc2Cl)nc(C)n1. The second kappa shape index (κ2) is 6.77. The minimum absolute atomic E-state index is 0.553. The lowest BCUT2D eigenvalue weighted by molar-refractivity contribution is 0.955. The molecular weight excluding hydrogens is 295 g/mol. The topological polar surface area (TPSA) is 49.8 Å². The number of rotatable bonds is 5. The van der Waals surface area contributed by atoms with Gasteiger partial charge >= 0.3 is 0 Å². The molecule has 0 saturated heterocycles. The number of nitrogens with one attached hydrogen (secondary N) is 2. The molecule has 2 rings (SSSR count). The maximum Gasteiger partial charge on any atom is 0.136 e. The number of benzene rings is 1. The van der Waals surface area contributed by atoms with Gasteiger partial charge in [-0.05, 0) is 25.5 Å². The molecule has 6 heteroatoms. The standard InChI is InChI=1S/C14H16Cl2N4/c1-3-7-17-12-8-13(19-9(2)18-12)20-14-10(15)5-4-6-11(14)16/h4-6,8H,3,7H2,1-2H3,(H2,17,18,19,20). The maximum absolute atomic E-state index is 6.14. The molecule has 0 aliphatic heterocycles. The molecule has 0 amide bonds. The highest BCUT2D eigenvalue weighted by atomic mass is 35.5. The van der Waals surface area contributed by atoms with Gasteiger partial charge < -0.3 is 10.6 Å². The molecule has 2 N–H and O–H groups in total. The minimum atomic E-state index is 0.553. The second-order valence-electron chi connectivity index (χ2n) is 4.33. The molecular formula is C14H16Cl2N4. The van der Waals surface area contributed by atoms with E-state index in [1.165, 1.54) is 0 Å². The molecule has 1 aromatic heterocycles. The quantitative estimate of drug-likeness (QED) is 0.843. The van der Waals surface area contributed by atoms with Crippen LogP contribution < -0.4 is 10.6 Å². The third-order valence-corrected chi connectivity index (χ3v) is 3.24. The van der Waals surface area contributed by atoms with Crippen molar-refractivity contribution in [1.29, 1.82) is 0 Å². The molecule has 4 nitrogen and oxygen atoms in total. The lowest BCUT2D eigenvalue weighted by Crippen LogP contribution is -2.05. The third kappa shape index (κ3) is 3.74. The highest BCUT2D eigenvalue weighted by molar-refractivity contribution is 6.39. The van der Waals surface area contributed by atoms with Gasteiger partial charge in [0.2, 0.25) is 0 Å². The number of para-hydroxylation sites is 1. The van der Waals surface area contributed by atoms with Crippen molar-refractivity contribution in [1.82, 2.24) is 9.97 Å². The Bertz CT molecular complexity index is 581. The second-order valence-corrected chi connectivity index (χ2v) is 5.15. The Hall–Kier alpha value is -1.52. The highest BCUT2D eigenvalue weighted by Gasteiger charge is 2.08. The molecule has 0 aliphatic carbocycles. The zero-order chi connectivity index (χ0) is 14.5. The van der Waals surface area contributed by atoms with Crippen molar-refractivity contribution < 1.29 is 0 Å². The normalized spacial score (nSPS) is 10.4. The first-order chi connectivity index (χ1) is 9.60. The summed E-state index contributed by atoms with van der Waals surface area (Å²) in [6.07, 6.45) is 1.03. The molecule has 0 spiro atoms. The Labute approximate surface area is 128 Å². The summed E-state index contributed by atoms with van der Waals surface area (Å²) < 4.78 is 0. The number of anilines is 3. The Morgan fingerprint density at radius 1 is 1.10 bits per heavy atom. The summed E-state index contributed by atoms with van der Waals surface area (Å²) in [5, 5.41) is 7.48. The van der Waals surface area contributed by atoms with Crippen LogP contribution >= 0.6 is 23.2 Å². The van der Waals surface area contributed by atoms with Crippen molar-refractivity contribution in [3.05, 3.63) is 40.1 Å². The Morgan fingerprint density at radius 3 is 2.40 bits per heavy atom. The molecule has 1 aromatic carbocycles. The van der Waals surface area contributed by atoms with Gasteiger partial charge in [-0.15, -0.1) is 0 Å². The van der Waals surface area contributed by atoms with Crippen molar-refractivity contribution in [2.24, 2.45) is 0 Å². The molecule has 20 heavy (non-hydrogen) atoms. The smallest absolute Gasteiger partial charge is 0.136 e. The van der Waals surface area contributed by atoms with Crippen LogP contribution in [0.3, 0.4) is 0 Å². The van der Waals surface area contributed by atoms with E-state index >= 15 is 0 Å². The van der Waals surface area contributed by atoms with Gasteiger partial charge in [-0.3, -0.25) is 0 Å². The van der Waals surface area contributed by atoms with Crippen LogP contribution in [-0.2, 0) is 0 Å². The van der Waals surface area contributed by atoms with E-state index in [0.717, 1.165) is 18.8 Å². The summed E-state index contributed by atoms with van der Waals surface area (Å²) in [4.78, 5) is 8.67. The van der Waals surface area contributed by atoms with E-state index in [0.29, 0.717) is 27.4 Å². The van der Waals surface area contributed by atoms with Crippen LogP contribution in [0.15, 0.2) is 24.3 Å². The summed E-state index contributed by atoms with van der Waals surface area (Å²) in [7, 11) is 0. The van der Waals surface area contributed by atoms with E-state index in [4.69, 9.17) is 23.2 Å². The van der Waals surface area contributed by atoms with Crippen LogP contribution in [0, 0.1) is 6.92 Å². The first kappa shape index (κ1) is 14.9. The van der Waals surface area contributed by atoms with Gasteiger partial charge in [-0.2, -0.15) is 0 Å². The van der Waals surface area contributed by atoms with Gasteiger partial charge in [0.1, 0.15) is 17.5 Å². The summed E-state index contributed by atoms with van der Waals surface area (Å²) in [6.45, 7) is 4.81. The van der Waals surface area contributed by atoms with Crippen molar-refractivity contribution in [3.63, 3.8) is 0 Å². The van der Waals surface area contributed by atoms with Crippen molar-refractivity contribution in [2.75, 3.05) is 17.2 Å². The van der Waals surface area contributed by atoms with Crippen LogP contribution in [0.5, 0.6) is 0 Å². The number of hydrogen-bond acceptors (Lipinski definition) is 4. The van der Waals surface area contributed by atoms with Gasteiger partial charge in [-0.25, -0.2) is 9.97 Å². The molecule has 0 radical (unpaired) electrons. The van der Waals surface area contributed by atoms with Crippen LogP contribution in [0.4, 0.5) is 17.3 Å². The molecule has 0 unspecified atom stereocenters. The Balaban J connectivity index is 2.27. The molecule has 0 saturated carbocycles. The van der Waals surface area contributed by atoms with Crippen molar-refractivity contribution >= 4 is 40.5 Å². The summed E-state index contributed by atoms with van der Waals surface area (Å²) >= 11 is 12.3. The molecule has 0 fully saturated rings. The summed E-state index contributed by atoms with van der Waals surface area (Å²) in [5.74, 6) is 2.12. The van der Waals surface area contributed by atoms with E-state index in [-0.39, 0.29) is 0 Å². The van der Waals surface area contributed by atoms with Crippen LogP contribution in [0.25, 0.3) is 0 Å². The molecule has 0 aliphatic rings. The molecule has 0 atom stereocenters. The number of nitrogens with zero attached hydrogens (tertiary/aromatic N) is 2. The van der Waals surface area contributed by atoms with Crippen LogP contribution in [0.2, 0.25) is 10.0 Å².